The highest BCUT2D eigenvalue weighted by molar-refractivity contribution is 5.73. The molecule has 1 rings (SSSR count). The molecule has 0 aliphatic heterocycles. The Balaban J connectivity index is 2.62. The van der Waals surface area contributed by atoms with Gasteiger partial charge in [0, 0.05) is 18.8 Å². The van der Waals surface area contributed by atoms with Crippen molar-refractivity contribution in [2.75, 3.05) is 11.9 Å². The minimum Gasteiger partial charge on any atom is -0.463 e. The Kier molecular flexibility index (Phi) is 5.23. The molecule has 0 saturated carbocycles. The van der Waals surface area contributed by atoms with Crippen molar-refractivity contribution < 1.29 is 14.5 Å². The molecule has 104 valence electrons. The number of ether oxygens (including phenoxy) is 1. The molecular weight excluding hydrogens is 250 g/mol. The van der Waals surface area contributed by atoms with E-state index in [0.717, 1.165) is 0 Å². The van der Waals surface area contributed by atoms with Gasteiger partial charge in [-0.3, -0.25) is 14.9 Å². The largest absolute Gasteiger partial charge is 0.463 e. The molecule has 1 aromatic heterocycles. The standard InChI is InChI=1S/C12H17N3O4/c1-8(2)19-12(16)9(3)7-14-11-10(15(17)18)5-4-6-13-11/h4-6,8-9H,7H2,1-3H3,(H,13,14). The Morgan fingerprint density at radius 2 is 2.21 bits per heavy atom. The van der Waals surface area contributed by atoms with Crippen molar-refractivity contribution in [2.45, 2.75) is 26.9 Å². The van der Waals surface area contributed by atoms with E-state index in [-0.39, 0.29) is 30.1 Å². The van der Waals surface area contributed by atoms with Crippen LogP contribution in [-0.4, -0.2) is 28.5 Å². The van der Waals surface area contributed by atoms with Crippen LogP contribution in [0.2, 0.25) is 0 Å². The summed E-state index contributed by atoms with van der Waals surface area (Å²) in [4.78, 5) is 25.7. The van der Waals surface area contributed by atoms with Crippen molar-refractivity contribution in [3.63, 3.8) is 0 Å². The quantitative estimate of drug-likeness (QED) is 0.481. The van der Waals surface area contributed by atoms with Gasteiger partial charge >= 0.3 is 11.7 Å². The second kappa shape index (κ2) is 6.67. The predicted octanol–water partition coefficient (Wildman–Crippen LogP) is 1.99. The Morgan fingerprint density at radius 3 is 2.79 bits per heavy atom. The number of rotatable bonds is 6. The van der Waals surface area contributed by atoms with Crippen molar-refractivity contribution in [1.82, 2.24) is 4.98 Å². The summed E-state index contributed by atoms with van der Waals surface area (Å²) in [5.41, 5.74) is -0.119. The molecule has 0 spiro atoms. The second-order valence-corrected chi connectivity index (χ2v) is 4.40. The minimum absolute atomic E-state index is 0.119. The zero-order valence-electron chi connectivity index (χ0n) is 11.1. The number of esters is 1. The third kappa shape index (κ3) is 4.53. The van der Waals surface area contributed by atoms with E-state index in [1.165, 1.54) is 18.3 Å². The molecule has 1 unspecified atom stereocenters. The van der Waals surface area contributed by atoms with E-state index < -0.39 is 10.8 Å². The third-order valence-electron chi connectivity index (χ3n) is 2.31. The summed E-state index contributed by atoms with van der Waals surface area (Å²) in [7, 11) is 0. The smallest absolute Gasteiger partial charge is 0.311 e. The van der Waals surface area contributed by atoms with Gasteiger partial charge in [0.1, 0.15) is 0 Å². The summed E-state index contributed by atoms with van der Waals surface area (Å²) in [5, 5.41) is 13.6. The van der Waals surface area contributed by atoms with Crippen LogP contribution in [0.15, 0.2) is 18.3 Å². The lowest BCUT2D eigenvalue weighted by molar-refractivity contribution is -0.384. The second-order valence-electron chi connectivity index (χ2n) is 4.40. The van der Waals surface area contributed by atoms with Gasteiger partial charge in [0.15, 0.2) is 0 Å². The zero-order chi connectivity index (χ0) is 14.4. The van der Waals surface area contributed by atoms with Crippen LogP contribution in [0.3, 0.4) is 0 Å². The molecule has 1 N–H and O–H groups in total. The molecule has 0 aliphatic rings. The molecule has 7 nitrogen and oxygen atoms in total. The van der Waals surface area contributed by atoms with E-state index in [4.69, 9.17) is 4.74 Å². The summed E-state index contributed by atoms with van der Waals surface area (Å²) in [6.07, 6.45) is 1.27. The Morgan fingerprint density at radius 1 is 1.53 bits per heavy atom. The molecule has 0 bridgehead atoms. The van der Waals surface area contributed by atoms with Crippen LogP contribution in [-0.2, 0) is 9.53 Å². The Labute approximate surface area is 111 Å². The summed E-state index contributed by atoms with van der Waals surface area (Å²) < 4.78 is 5.04. The Hall–Kier alpha value is -2.18. The van der Waals surface area contributed by atoms with Crippen molar-refractivity contribution in [1.29, 1.82) is 0 Å². The van der Waals surface area contributed by atoms with Gasteiger partial charge in [0.25, 0.3) is 0 Å². The molecule has 1 aromatic rings. The van der Waals surface area contributed by atoms with E-state index in [0.29, 0.717) is 0 Å². The molecule has 7 heteroatoms. The van der Waals surface area contributed by atoms with Crippen LogP contribution in [0.4, 0.5) is 11.5 Å². The number of anilines is 1. The highest BCUT2D eigenvalue weighted by Gasteiger charge is 2.19. The molecule has 1 atom stereocenters. The first-order chi connectivity index (χ1) is 8.91. The van der Waals surface area contributed by atoms with Crippen LogP contribution in [0.1, 0.15) is 20.8 Å². The molecule has 0 saturated heterocycles. The highest BCUT2D eigenvalue weighted by atomic mass is 16.6. The fourth-order valence-electron chi connectivity index (χ4n) is 1.36. The molecule has 1 heterocycles. The fourth-order valence-corrected chi connectivity index (χ4v) is 1.36. The van der Waals surface area contributed by atoms with Gasteiger partial charge in [0.2, 0.25) is 5.82 Å². The van der Waals surface area contributed by atoms with Gasteiger partial charge < -0.3 is 10.1 Å². The van der Waals surface area contributed by atoms with Gasteiger partial charge in [-0.25, -0.2) is 4.98 Å². The van der Waals surface area contributed by atoms with Gasteiger partial charge in [-0.1, -0.05) is 6.92 Å². The summed E-state index contributed by atoms with van der Waals surface area (Å²) >= 11 is 0. The number of aromatic nitrogens is 1. The number of pyridine rings is 1. The van der Waals surface area contributed by atoms with E-state index in [1.807, 2.05) is 0 Å². The number of nitrogens with one attached hydrogen (secondary N) is 1. The number of carbonyl (C=O) groups excluding carboxylic acids is 1. The molecule has 0 aromatic carbocycles. The molecule has 0 radical (unpaired) electrons. The van der Waals surface area contributed by atoms with Gasteiger partial charge in [-0.15, -0.1) is 0 Å². The number of nitrogens with zero attached hydrogens (tertiary/aromatic N) is 2. The molecular formula is C12H17N3O4. The van der Waals surface area contributed by atoms with E-state index in [2.05, 4.69) is 10.3 Å². The molecule has 0 amide bonds. The summed E-state index contributed by atoms with van der Waals surface area (Å²) in [6, 6.07) is 2.84. The average molecular weight is 267 g/mol. The predicted molar refractivity (Wildman–Crippen MR) is 69.8 cm³/mol. The van der Waals surface area contributed by atoms with Crippen LogP contribution in [0.25, 0.3) is 0 Å². The van der Waals surface area contributed by atoms with Crippen LogP contribution in [0, 0.1) is 16.0 Å². The van der Waals surface area contributed by atoms with Gasteiger partial charge in [-0.2, -0.15) is 0 Å². The lowest BCUT2D eigenvalue weighted by Crippen LogP contribution is -2.25. The first kappa shape index (κ1) is 14.9. The maximum Gasteiger partial charge on any atom is 0.311 e. The molecule has 19 heavy (non-hydrogen) atoms. The summed E-state index contributed by atoms with van der Waals surface area (Å²) in [5.74, 6) is -0.609. The van der Waals surface area contributed by atoms with Crippen molar-refractivity contribution in [3.05, 3.63) is 28.4 Å². The lowest BCUT2D eigenvalue weighted by atomic mass is 10.2. The maximum absolute atomic E-state index is 11.6. The van der Waals surface area contributed by atoms with E-state index >= 15 is 0 Å². The van der Waals surface area contributed by atoms with E-state index in [1.54, 1.807) is 20.8 Å². The molecule has 0 aliphatic carbocycles. The number of hydrogen-bond donors (Lipinski definition) is 1. The van der Waals surface area contributed by atoms with Gasteiger partial charge in [0.05, 0.1) is 16.9 Å². The maximum atomic E-state index is 11.6. The highest BCUT2D eigenvalue weighted by Crippen LogP contribution is 2.20. The minimum atomic E-state index is -0.521. The van der Waals surface area contributed by atoms with Crippen molar-refractivity contribution in [2.24, 2.45) is 5.92 Å². The summed E-state index contributed by atoms with van der Waals surface area (Å²) in [6.45, 7) is 5.44. The number of hydrogen-bond acceptors (Lipinski definition) is 6. The first-order valence-corrected chi connectivity index (χ1v) is 5.95. The van der Waals surface area contributed by atoms with Crippen molar-refractivity contribution in [3.8, 4) is 0 Å². The lowest BCUT2D eigenvalue weighted by Gasteiger charge is -2.14. The fraction of sp³-hybridized carbons (Fsp3) is 0.500. The topological polar surface area (TPSA) is 94.4 Å². The van der Waals surface area contributed by atoms with Gasteiger partial charge in [-0.05, 0) is 19.9 Å². The monoisotopic (exact) mass is 267 g/mol. The van der Waals surface area contributed by atoms with E-state index in [9.17, 15) is 14.9 Å². The van der Waals surface area contributed by atoms with Crippen LogP contribution in [0.5, 0.6) is 0 Å². The number of nitro groups is 1. The number of carbonyl (C=O) groups is 1. The zero-order valence-corrected chi connectivity index (χ0v) is 11.1. The first-order valence-electron chi connectivity index (χ1n) is 5.95. The average Bonchev–Trinajstić information content (AvgIpc) is 2.35. The Bertz CT molecular complexity index is 462. The third-order valence-corrected chi connectivity index (χ3v) is 2.31. The van der Waals surface area contributed by atoms with Crippen LogP contribution >= 0.6 is 0 Å². The SMILES string of the molecule is CC(C)OC(=O)C(C)CNc1ncccc1[N+](=O)[O-]. The van der Waals surface area contributed by atoms with Crippen molar-refractivity contribution >= 4 is 17.5 Å². The molecule has 0 fully saturated rings. The normalized spacial score (nSPS) is 12.0. The van der Waals surface area contributed by atoms with Crippen LogP contribution < -0.4 is 5.32 Å².